The maximum atomic E-state index is 12.0. The van der Waals surface area contributed by atoms with E-state index in [9.17, 15) is 9.59 Å². The van der Waals surface area contributed by atoms with Gasteiger partial charge in [-0.15, -0.1) is 0 Å². The number of halogens is 2. The normalized spacial score (nSPS) is 10.2. The SMILES string of the molecule is COc1cccc(CNC(=O)COC(=O)c2cc(Cl)cc(Cl)c2N)c1. The molecule has 0 aliphatic heterocycles. The minimum Gasteiger partial charge on any atom is -0.497 e. The lowest BCUT2D eigenvalue weighted by molar-refractivity contribution is -0.124. The molecule has 0 heterocycles. The number of nitrogens with one attached hydrogen (secondary N) is 1. The van der Waals surface area contributed by atoms with Crippen LogP contribution in [0.3, 0.4) is 0 Å². The lowest BCUT2D eigenvalue weighted by atomic mass is 10.2. The molecule has 0 fully saturated rings. The second-order valence-corrected chi connectivity index (χ2v) is 5.90. The van der Waals surface area contributed by atoms with Gasteiger partial charge >= 0.3 is 5.97 Å². The summed E-state index contributed by atoms with van der Waals surface area (Å²) in [6.07, 6.45) is 0. The van der Waals surface area contributed by atoms with Gasteiger partial charge in [0.1, 0.15) is 5.75 Å². The molecule has 2 aromatic rings. The maximum Gasteiger partial charge on any atom is 0.340 e. The number of carbonyl (C=O) groups excluding carboxylic acids is 2. The number of ether oxygens (including phenoxy) is 2. The highest BCUT2D eigenvalue weighted by molar-refractivity contribution is 6.37. The number of hydrogen-bond donors (Lipinski definition) is 2. The number of benzene rings is 2. The first-order chi connectivity index (χ1) is 11.9. The van der Waals surface area contributed by atoms with Crippen LogP contribution in [0.2, 0.25) is 10.0 Å². The van der Waals surface area contributed by atoms with Gasteiger partial charge in [0.25, 0.3) is 5.91 Å². The summed E-state index contributed by atoms with van der Waals surface area (Å²) < 4.78 is 10.0. The number of nitrogens with two attached hydrogens (primary N) is 1. The number of anilines is 1. The molecule has 6 nitrogen and oxygen atoms in total. The van der Waals surface area contributed by atoms with Crippen LogP contribution in [-0.2, 0) is 16.1 Å². The Labute approximate surface area is 154 Å². The van der Waals surface area contributed by atoms with Crippen LogP contribution in [0, 0.1) is 0 Å². The molecule has 3 N–H and O–H groups in total. The van der Waals surface area contributed by atoms with Crippen LogP contribution in [0.5, 0.6) is 5.75 Å². The molecular weight excluding hydrogens is 367 g/mol. The van der Waals surface area contributed by atoms with E-state index in [0.717, 1.165) is 5.56 Å². The molecule has 0 spiro atoms. The van der Waals surface area contributed by atoms with Gasteiger partial charge < -0.3 is 20.5 Å². The molecule has 2 rings (SSSR count). The van der Waals surface area contributed by atoms with E-state index in [2.05, 4.69) is 5.32 Å². The summed E-state index contributed by atoms with van der Waals surface area (Å²) in [5, 5.41) is 3.02. The van der Waals surface area contributed by atoms with Crippen LogP contribution in [-0.4, -0.2) is 25.6 Å². The Hall–Kier alpha value is -2.44. The van der Waals surface area contributed by atoms with Gasteiger partial charge in [-0.05, 0) is 29.8 Å². The van der Waals surface area contributed by atoms with Crippen LogP contribution < -0.4 is 15.8 Å². The first-order valence-corrected chi connectivity index (χ1v) is 7.97. The third kappa shape index (κ3) is 5.27. The molecule has 0 unspecified atom stereocenters. The fraction of sp³-hybridized carbons (Fsp3) is 0.176. The Balaban J connectivity index is 1.88. The minimum atomic E-state index is -0.779. The van der Waals surface area contributed by atoms with Gasteiger partial charge in [0, 0.05) is 11.6 Å². The summed E-state index contributed by atoms with van der Waals surface area (Å²) in [6, 6.07) is 9.99. The van der Waals surface area contributed by atoms with Crippen molar-refractivity contribution < 1.29 is 19.1 Å². The van der Waals surface area contributed by atoms with E-state index in [1.807, 2.05) is 12.1 Å². The third-order valence-corrected chi connectivity index (χ3v) is 3.80. The van der Waals surface area contributed by atoms with Crippen molar-refractivity contribution in [1.82, 2.24) is 5.32 Å². The molecule has 0 saturated carbocycles. The summed E-state index contributed by atoms with van der Waals surface area (Å²) in [7, 11) is 1.56. The van der Waals surface area contributed by atoms with Crippen molar-refractivity contribution in [1.29, 1.82) is 0 Å². The van der Waals surface area contributed by atoms with E-state index >= 15 is 0 Å². The molecule has 8 heteroatoms. The van der Waals surface area contributed by atoms with E-state index in [-0.39, 0.29) is 27.8 Å². The molecule has 25 heavy (non-hydrogen) atoms. The van der Waals surface area contributed by atoms with Gasteiger partial charge in [0.15, 0.2) is 6.61 Å². The molecule has 0 radical (unpaired) electrons. The van der Waals surface area contributed by atoms with Crippen LogP contribution in [0.1, 0.15) is 15.9 Å². The zero-order valence-electron chi connectivity index (χ0n) is 13.3. The Bertz CT molecular complexity index is 796. The van der Waals surface area contributed by atoms with Gasteiger partial charge in [-0.3, -0.25) is 4.79 Å². The average molecular weight is 383 g/mol. The van der Waals surface area contributed by atoms with E-state index in [0.29, 0.717) is 5.75 Å². The summed E-state index contributed by atoms with van der Waals surface area (Å²) in [5.41, 5.74) is 6.63. The quantitative estimate of drug-likeness (QED) is 0.591. The van der Waals surface area contributed by atoms with Gasteiger partial charge in [-0.2, -0.15) is 0 Å². The number of rotatable bonds is 6. The zero-order valence-corrected chi connectivity index (χ0v) is 14.9. The number of hydrogen-bond acceptors (Lipinski definition) is 5. The molecule has 0 bridgehead atoms. The highest BCUT2D eigenvalue weighted by Crippen LogP contribution is 2.28. The maximum absolute atomic E-state index is 12.0. The number of esters is 1. The van der Waals surface area contributed by atoms with Crippen molar-refractivity contribution in [3.8, 4) is 5.75 Å². The van der Waals surface area contributed by atoms with Crippen molar-refractivity contribution in [3.63, 3.8) is 0 Å². The van der Waals surface area contributed by atoms with Gasteiger partial charge in [0.05, 0.1) is 23.4 Å². The second kappa shape index (κ2) is 8.60. The molecule has 0 saturated heterocycles. The minimum absolute atomic E-state index is 0.0121. The highest BCUT2D eigenvalue weighted by Gasteiger charge is 2.16. The molecule has 0 aromatic heterocycles. The van der Waals surface area contributed by atoms with Crippen LogP contribution in [0.25, 0.3) is 0 Å². The molecule has 132 valence electrons. The van der Waals surface area contributed by atoms with Gasteiger partial charge in [-0.1, -0.05) is 35.3 Å². The summed E-state index contributed by atoms with van der Waals surface area (Å²) in [6.45, 7) is -0.176. The highest BCUT2D eigenvalue weighted by atomic mass is 35.5. The first-order valence-electron chi connectivity index (χ1n) is 7.22. The first kappa shape index (κ1) is 18.9. The number of nitrogen functional groups attached to an aromatic ring is 1. The van der Waals surface area contributed by atoms with Crippen LogP contribution in [0.4, 0.5) is 5.69 Å². The largest absolute Gasteiger partial charge is 0.497 e. The lowest BCUT2D eigenvalue weighted by Gasteiger charge is -2.10. The molecule has 0 aliphatic rings. The van der Waals surface area contributed by atoms with Crippen molar-refractivity contribution in [2.75, 3.05) is 19.5 Å². The van der Waals surface area contributed by atoms with Gasteiger partial charge in [0.2, 0.25) is 0 Å². The molecular formula is C17H16Cl2N2O4. The van der Waals surface area contributed by atoms with E-state index < -0.39 is 18.5 Å². The fourth-order valence-corrected chi connectivity index (χ4v) is 2.49. The van der Waals surface area contributed by atoms with E-state index in [4.69, 9.17) is 38.4 Å². The molecule has 0 atom stereocenters. The van der Waals surface area contributed by atoms with Crippen LogP contribution in [0.15, 0.2) is 36.4 Å². The predicted molar refractivity (Wildman–Crippen MR) is 96.0 cm³/mol. The fourth-order valence-electron chi connectivity index (χ4n) is 2.00. The summed E-state index contributed by atoms with van der Waals surface area (Å²) >= 11 is 11.7. The zero-order chi connectivity index (χ0) is 18.4. The Morgan fingerprint density at radius 2 is 1.96 bits per heavy atom. The van der Waals surface area contributed by atoms with Gasteiger partial charge in [-0.25, -0.2) is 4.79 Å². The standard InChI is InChI=1S/C17H16Cl2N2O4/c1-24-12-4-2-3-10(5-12)8-21-15(22)9-25-17(23)13-6-11(18)7-14(19)16(13)20/h2-7H,8-9,20H2,1H3,(H,21,22). The second-order valence-electron chi connectivity index (χ2n) is 5.05. The number of methoxy groups -OCH3 is 1. The Morgan fingerprint density at radius 1 is 1.20 bits per heavy atom. The summed E-state index contributed by atoms with van der Waals surface area (Å²) in [5.74, 6) is -0.548. The van der Waals surface area contributed by atoms with Crippen molar-refractivity contribution in [2.45, 2.75) is 6.54 Å². The smallest absolute Gasteiger partial charge is 0.340 e. The van der Waals surface area contributed by atoms with Crippen LogP contribution >= 0.6 is 23.2 Å². The molecule has 0 aliphatic carbocycles. The Kier molecular flexibility index (Phi) is 6.50. The monoisotopic (exact) mass is 382 g/mol. The number of amides is 1. The molecule has 2 aromatic carbocycles. The molecule has 1 amide bonds. The third-order valence-electron chi connectivity index (χ3n) is 3.27. The number of carbonyl (C=O) groups is 2. The topological polar surface area (TPSA) is 90.6 Å². The predicted octanol–water partition coefficient (Wildman–Crippen LogP) is 3.06. The van der Waals surface area contributed by atoms with E-state index in [1.54, 1.807) is 19.2 Å². The van der Waals surface area contributed by atoms with Crippen molar-refractivity contribution >= 4 is 40.8 Å². The average Bonchev–Trinajstić information content (AvgIpc) is 2.61. The van der Waals surface area contributed by atoms with Crippen molar-refractivity contribution in [3.05, 3.63) is 57.6 Å². The lowest BCUT2D eigenvalue weighted by Crippen LogP contribution is -2.28. The summed E-state index contributed by atoms with van der Waals surface area (Å²) in [4.78, 5) is 23.8. The van der Waals surface area contributed by atoms with Crippen molar-refractivity contribution in [2.24, 2.45) is 0 Å². The van der Waals surface area contributed by atoms with E-state index in [1.165, 1.54) is 12.1 Å². The Morgan fingerprint density at radius 3 is 2.68 bits per heavy atom.